The fourth-order valence-corrected chi connectivity index (χ4v) is 2.29. The quantitative estimate of drug-likeness (QED) is 0.308. The number of hydrogen-bond donors (Lipinski definition) is 0. The summed E-state index contributed by atoms with van der Waals surface area (Å²) in [5, 5.41) is 11.8. The summed E-state index contributed by atoms with van der Waals surface area (Å²) in [6.45, 7) is 4.38. The largest absolute Gasteiger partial charge is 0.633 e. The van der Waals surface area contributed by atoms with E-state index in [4.69, 9.17) is 0 Å². The van der Waals surface area contributed by atoms with Crippen molar-refractivity contribution in [3.63, 3.8) is 0 Å². The van der Waals surface area contributed by atoms with Crippen molar-refractivity contribution in [1.82, 2.24) is 0 Å². The summed E-state index contributed by atoms with van der Waals surface area (Å²) in [7, 11) is 3.55. The SMILES string of the molecule is CCCCCCCCCC(CC)[N+](C)(C)[O-]. The van der Waals surface area contributed by atoms with Crippen LogP contribution in [0.5, 0.6) is 0 Å². The molecular weight excluding hydrogens is 198 g/mol. The number of quaternary nitrogens is 1. The van der Waals surface area contributed by atoms with Crippen molar-refractivity contribution in [2.24, 2.45) is 0 Å². The van der Waals surface area contributed by atoms with Gasteiger partial charge in [-0.05, 0) is 19.3 Å². The Morgan fingerprint density at radius 3 is 1.81 bits per heavy atom. The van der Waals surface area contributed by atoms with Gasteiger partial charge in [0.25, 0.3) is 0 Å². The first-order chi connectivity index (χ1) is 7.52. The molecule has 0 N–H and O–H groups in total. The molecule has 0 aromatic carbocycles. The van der Waals surface area contributed by atoms with Crippen LogP contribution >= 0.6 is 0 Å². The topological polar surface area (TPSA) is 23.1 Å². The van der Waals surface area contributed by atoms with E-state index >= 15 is 0 Å². The van der Waals surface area contributed by atoms with Gasteiger partial charge in [0.2, 0.25) is 0 Å². The van der Waals surface area contributed by atoms with E-state index in [0.29, 0.717) is 6.04 Å². The van der Waals surface area contributed by atoms with Gasteiger partial charge in [-0.15, -0.1) is 0 Å². The first-order valence-electron chi connectivity index (χ1n) is 7.07. The summed E-state index contributed by atoms with van der Waals surface area (Å²) in [6.07, 6.45) is 11.4. The zero-order chi connectivity index (χ0) is 12.4. The van der Waals surface area contributed by atoms with Gasteiger partial charge in [-0.2, -0.15) is 0 Å². The summed E-state index contributed by atoms with van der Waals surface area (Å²) >= 11 is 0. The highest BCUT2D eigenvalue weighted by Crippen LogP contribution is 2.17. The van der Waals surface area contributed by atoms with Crippen molar-refractivity contribution in [3.8, 4) is 0 Å². The first kappa shape index (κ1) is 15.9. The third-order valence-electron chi connectivity index (χ3n) is 3.49. The van der Waals surface area contributed by atoms with Gasteiger partial charge < -0.3 is 9.85 Å². The molecule has 0 spiro atoms. The number of hydroxylamine groups is 3. The molecule has 1 atom stereocenters. The van der Waals surface area contributed by atoms with E-state index in [1.165, 1.54) is 44.9 Å². The molecule has 98 valence electrons. The molecule has 0 amide bonds. The Hall–Kier alpha value is -0.0800. The summed E-state index contributed by atoms with van der Waals surface area (Å²) in [4.78, 5) is 0. The lowest BCUT2D eigenvalue weighted by Crippen LogP contribution is -2.42. The minimum Gasteiger partial charge on any atom is -0.633 e. The maximum Gasteiger partial charge on any atom is 0.0880 e. The summed E-state index contributed by atoms with van der Waals surface area (Å²) in [6, 6.07) is 0.302. The smallest absolute Gasteiger partial charge is 0.0880 e. The Morgan fingerprint density at radius 1 is 0.875 bits per heavy atom. The van der Waals surface area contributed by atoms with E-state index in [-0.39, 0.29) is 4.65 Å². The monoisotopic (exact) mass is 229 g/mol. The van der Waals surface area contributed by atoms with Gasteiger partial charge in [-0.3, -0.25) is 0 Å². The second-order valence-corrected chi connectivity index (χ2v) is 5.41. The highest BCUT2D eigenvalue weighted by atomic mass is 16.5. The molecule has 0 bridgehead atoms. The van der Waals surface area contributed by atoms with E-state index in [2.05, 4.69) is 13.8 Å². The molecule has 1 unspecified atom stereocenters. The Morgan fingerprint density at radius 2 is 1.38 bits per heavy atom. The van der Waals surface area contributed by atoms with Crippen molar-refractivity contribution >= 4 is 0 Å². The summed E-state index contributed by atoms with van der Waals surface area (Å²) in [5.41, 5.74) is 0. The third kappa shape index (κ3) is 8.12. The molecule has 16 heavy (non-hydrogen) atoms. The van der Waals surface area contributed by atoms with Gasteiger partial charge in [-0.1, -0.05) is 52.4 Å². The molecule has 0 aliphatic carbocycles. The number of hydrogen-bond acceptors (Lipinski definition) is 1. The van der Waals surface area contributed by atoms with Gasteiger partial charge in [-0.25, -0.2) is 0 Å². The lowest BCUT2D eigenvalue weighted by molar-refractivity contribution is -0.867. The van der Waals surface area contributed by atoms with E-state index < -0.39 is 0 Å². The van der Waals surface area contributed by atoms with Crippen molar-refractivity contribution < 1.29 is 4.65 Å². The fourth-order valence-electron chi connectivity index (χ4n) is 2.29. The van der Waals surface area contributed by atoms with E-state index in [1.54, 1.807) is 14.1 Å². The average molecular weight is 229 g/mol. The third-order valence-corrected chi connectivity index (χ3v) is 3.49. The number of rotatable bonds is 10. The van der Waals surface area contributed by atoms with E-state index in [9.17, 15) is 5.21 Å². The second-order valence-electron chi connectivity index (χ2n) is 5.41. The van der Waals surface area contributed by atoms with Crippen molar-refractivity contribution in [3.05, 3.63) is 5.21 Å². The molecule has 0 saturated carbocycles. The Balaban J connectivity index is 3.42. The molecule has 0 fully saturated rings. The normalized spacial score (nSPS) is 14.1. The maximum absolute atomic E-state index is 11.8. The van der Waals surface area contributed by atoms with Gasteiger partial charge in [0.05, 0.1) is 20.1 Å². The van der Waals surface area contributed by atoms with Crippen LogP contribution in [-0.4, -0.2) is 24.8 Å². The van der Waals surface area contributed by atoms with Crippen LogP contribution in [0.3, 0.4) is 0 Å². The molecule has 0 aromatic rings. The van der Waals surface area contributed by atoms with Gasteiger partial charge >= 0.3 is 0 Å². The van der Waals surface area contributed by atoms with Crippen LogP contribution in [0.4, 0.5) is 0 Å². The minimum absolute atomic E-state index is 0.119. The fraction of sp³-hybridized carbons (Fsp3) is 1.00. The van der Waals surface area contributed by atoms with Gasteiger partial charge in [0, 0.05) is 0 Å². The zero-order valence-electron chi connectivity index (χ0n) is 11.8. The predicted molar refractivity (Wildman–Crippen MR) is 72.2 cm³/mol. The van der Waals surface area contributed by atoms with Gasteiger partial charge in [0.15, 0.2) is 0 Å². The molecule has 0 aromatic heterocycles. The molecular formula is C14H31NO. The van der Waals surface area contributed by atoms with Crippen molar-refractivity contribution in [2.75, 3.05) is 14.1 Å². The maximum atomic E-state index is 11.8. The highest BCUT2D eigenvalue weighted by Gasteiger charge is 2.16. The highest BCUT2D eigenvalue weighted by molar-refractivity contribution is 4.57. The Kier molecular flexibility index (Phi) is 8.96. The van der Waals surface area contributed by atoms with Gasteiger partial charge in [0.1, 0.15) is 0 Å². The Labute approximate surface area is 102 Å². The number of unbranched alkanes of at least 4 members (excludes halogenated alkanes) is 6. The van der Waals surface area contributed by atoms with E-state index in [1.807, 2.05) is 0 Å². The standard InChI is InChI=1S/C14H31NO/c1-5-7-8-9-10-11-12-13-14(6-2)15(3,4)16/h14H,5-13H2,1-4H3. The molecule has 2 nitrogen and oxygen atoms in total. The van der Waals surface area contributed by atoms with Crippen molar-refractivity contribution in [2.45, 2.75) is 77.7 Å². The molecule has 2 heteroatoms. The van der Waals surface area contributed by atoms with Crippen LogP contribution < -0.4 is 0 Å². The first-order valence-corrected chi connectivity index (χ1v) is 7.07. The van der Waals surface area contributed by atoms with E-state index in [0.717, 1.165) is 12.8 Å². The minimum atomic E-state index is -0.119. The molecule has 0 heterocycles. The predicted octanol–water partition coefficient (Wildman–Crippen LogP) is 4.48. The van der Waals surface area contributed by atoms with Crippen LogP contribution in [0.2, 0.25) is 0 Å². The average Bonchev–Trinajstić information content (AvgIpc) is 2.20. The summed E-state index contributed by atoms with van der Waals surface area (Å²) < 4.78 is -0.119. The second kappa shape index (κ2) is 9.00. The molecule has 0 aliphatic heterocycles. The number of nitrogens with zero attached hydrogens (tertiary/aromatic N) is 1. The summed E-state index contributed by atoms with van der Waals surface area (Å²) in [5.74, 6) is 0. The molecule has 0 radical (unpaired) electrons. The van der Waals surface area contributed by atoms with Crippen LogP contribution in [0, 0.1) is 5.21 Å². The van der Waals surface area contributed by atoms with Crippen LogP contribution in [-0.2, 0) is 0 Å². The molecule has 0 rings (SSSR count). The molecule has 0 aliphatic rings. The van der Waals surface area contributed by atoms with Crippen LogP contribution in [0.1, 0.15) is 71.6 Å². The Bertz CT molecular complexity index is 151. The zero-order valence-corrected chi connectivity index (χ0v) is 11.8. The lowest BCUT2D eigenvalue weighted by atomic mass is 10.0. The van der Waals surface area contributed by atoms with Crippen LogP contribution in [0.15, 0.2) is 0 Å². The van der Waals surface area contributed by atoms with Crippen molar-refractivity contribution in [1.29, 1.82) is 0 Å². The van der Waals surface area contributed by atoms with Crippen LogP contribution in [0.25, 0.3) is 0 Å². The molecule has 0 saturated heterocycles. The lowest BCUT2D eigenvalue weighted by Gasteiger charge is -2.41.